The Morgan fingerprint density at radius 1 is 0.360 bits per heavy atom. The highest BCUT2D eigenvalue weighted by molar-refractivity contribution is 6.26. The fourth-order valence-electron chi connectivity index (χ4n) is 8.52. The first-order chi connectivity index (χ1) is 24.8. The van der Waals surface area contributed by atoms with Gasteiger partial charge in [0.15, 0.2) is 0 Å². The molecule has 0 aliphatic heterocycles. The van der Waals surface area contributed by atoms with Gasteiger partial charge in [0.25, 0.3) is 0 Å². The van der Waals surface area contributed by atoms with Crippen molar-refractivity contribution in [3.63, 3.8) is 0 Å². The third-order valence-electron chi connectivity index (χ3n) is 10.6. The monoisotopic (exact) mass is 634 g/mol. The predicted octanol–water partition coefficient (Wildman–Crippen LogP) is 13.4. The zero-order valence-electron chi connectivity index (χ0n) is 27.2. The molecule has 232 valence electrons. The van der Waals surface area contributed by atoms with Crippen molar-refractivity contribution in [2.75, 3.05) is 4.90 Å². The van der Waals surface area contributed by atoms with Crippen molar-refractivity contribution >= 4 is 71.2 Å². The van der Waals surface area contributed by atoms with E-state index in [4.69, 9.17) is 0 Å². The molecule has 0 fully saturated rings. The highest BCUT2D eigenvalue weighted by Gasteiger charge is 2.29. The Balaban J connectivity index is 1.19. The average Bonchev–Trinajstić information content (AvgIpc) is 3.70. The van der Waals surface area contributed by atoms with Crippen molar-refractivity contribution < 1.29 is 0 Å². The molecule has 2 heteroatoms. The van der Waals surface area contributed by atoms with Crippen LogP contribution in [0.15, 0.2) is 182 Å². The molecular weight excluding hydrogens is 605 g/mol. The van der Waals surface area contributed by atoms with Gasteiger partial charge in [-0.1, -0.05) is 121 Å². The summed E-state index contributed by atoms with van der Waals surface area (Å²) in [5, 5.41) is 10.2. The molecule has 0 radical (unpaired) electrons. The maximum absolute atomic E-state index is 2.46. The van der Waals surface area contributed by atoms with Crippen molar-refractivity contribution in [2.24, 2.45) is 0 Å². The lowest BCUT2D eigenvalue weighted by molar-refractivity contribution is 1.18. The number of hydrogen-bond donors (Lipinski definition) is 0. The molecule has 0 unspecified atom stereocenters. The molecule has 0 atom stereocenters. The molecule has 9 aromatic carbocycles. The summed E-state index contributed by atoms with van der Waals surface area (Å²) >= 11 is 0. The first kappa shape index (κ1) is 27.3. The Morgan fingerprint density at radius 2 is 1.06 bits per heavy atom. The molecule has 0 saturated heterocycles. The fourth-order valence-corrected chi connectivity index (χ4v) is 8.52. The zero-order valence-corrected chi connectivity index (χ0v) is 27.2. The van der Waals surface area contributed by atoms with Crippen LogP contribution in [0.3, 0.4) is 0 Å². The lowest BCUT2D eigenvalue weighted by Gasteiger charge is -2.28. The smallest absolute Gasteiger partial charge is 0.0546 e. The van der Waals surface area contributed by atoms with Crippen molar-refractivity contribution in [1.82, 2.24) is 4.57 Å². The van der Waals surface area contributed by atoms with E-state index in [1.165, 1.54) is 87.8 Å². The second-order valence-corrected chi connectivity index (χ2v) is 13.3. The lowest BCUT2D eigenvalue weighted by atomic mass is 9.94. The standard InChI is InChI=1S/C48H30N2/c1-2-16-35(17-3-1)49(45-23-11-21-41-40-20-10-15-34-28-33-14-6-7-18-38(33)48(46(34)40)47(41)45)37-26-27-44-42(30-37)39-19-8-9-22-43(39)50(44)36-25-24-31-12-4-5-13-32(31)29-36/h1-30H. The number of rotatable bonds is 4. The molecule has 0 spiro atoms. The Hall–Kier alpha value is -6.64. The number of fused-ring (bicyclic) bond motifs is 9. The zero-order chi connectivity index (χ0) is 32.8. The van der Waals surface area contributed by atoms with Crippen LogP contribution in [0.4, 0.5) is 17.1 Å². The highest BCUT2D eigenvalue weighted by atomic mass is 15.1. The molecule has 1 aliphatic carbocycles. The van der Waals surface area contributed by atoms with Crippen molar-refractivity contribution in [3.8, 4) is 27.9 Å². The van der Waals surface area contributed by atoms with E-state index < -0.39 is 0 Å². The lowest BCUT2D eigenvalue weighted by Crippen LogP contribution is -2.11. The van der Waals surface area contributed by atoms with Gasteiger partial charge in [0, 0.05) is 39.0 Å². The maximum Gasteiger partial charge on any atom is 0.0546 e. The third-order valence-corrected chi connectivity index (χ3v) is 10.6. The number of hydrogen-bond acceptors (Lipinski definition) is 1. The summed E-state index contributed by atoms with van der Waals surface area (Å²) in [5.74, 6) is 0. The number of nitrogens with zero attached hydrogens (tertiary/aromatic N) is 2. The molecule has 1 heterocycles. The largest absolute Gasteiger partial charge is 0.310 e. The van der Waals surface area contributed by atoms with Gasteiger partial charge < -0.3 is 9.47 Å². The summed E-state index contributed by atoms with van der Waals surface area (Å²) in [7, 11) is 0. The molecule has 0 N–H and O–H groups in total. The Bertz CT molecular complexity index is 2990. The van der Waals surface area contributed by atoms with E-state index in [0.717, 1.165) is 11.4 Å². The van der Waals surface area contributed by atoms with Crippen LogP contribution in [0.1, 0.15) is 0 Å². The number of aromatic nitrogens is 1. The summed E-state index contributed by atoms with van der Waals surface area (Å²) in [6, 6.07) is 66.8. The molecule has 11 rings (SSSR count). The molecule has 0 amide bonds. The van der Waals surface area contributed by atoms with Gasteiger partial charge in [-0.2, -0.15) is 0 Å². The van der Waals surface area contributed by atoms with Gasteiger partial charge in [0.2, 0.25) is 0 Å². The van der Waals surface area contributed by atoms with E-state index >= 15 is 0 Å². The molecule has 2 nitrogen and oxygen atoms in total. The van der Waals surface area contributed by atoms with E-state index in [1.807, 2.05) is 0 Å². The first-order valence-electron chi connectivity index (χ1n) is 17.3. The van der Waals surface area contributed by atoms with Crippen LogP contribution in [0.2, 0.25) is 0 Å². The van der Waals surface area contributed by atoms with E-state index in [-0.39, 0.29) is 0 Å². The minimum atomic E-state index is 1.13. The molecule has 50 heavy (non-hydrogen) atoms. The van der Waals surface area contributed by atoms with Crippen molar-refractivity contribution in [2.45, 2.75) is 0 Å². The Morgan fingerprint density at radius 3 is 1.96 bits per heavy atom. The minimum absolute atomic E-state index is 1.13. The first-order valence-corrected chi connectivity index (χ1v) is 17.3. The van der Waals surface area contributed by atoms with Crippen molar-refractivity contribution in [3.05, 3.63) is 182 Å². The van der Waals surface area contributed by atoms with Crippen LogP contribution < -0.4 is 4.90 Å². The molecular formula is C48H30N2. The van der Waals surface area contributed by atoms with E-state index in [1.54, 1.807) is 0 Å². The summed E-state index contributed by atoms with van der Waals surface area (Å²) in [4.78, 5) is 2.46. The van der Waals surface area contributed by atoms with E-state index in [0.29, 0.717) is 0 Å². The minimum Gasteiger partial charge on any atom is -0.310 e. The molecule has 10 aromatic rings. The second-order valence-electron chi connectivity index (χ2n) is 13.3. The third kappa shape index (κ3) is 3.85. The van der Waals surface area contributed by atoms with E-state index in [9.17, 15) is 0 Å². The quantitative estimate of drug-likeness (QED) is 0.175. The van der Waals surface area contributed by atoms with Crippen LogP contribution in [0.25, 0.3) is 82.1 Å². The SMILES string of the molecule is c1ccc(N(c2ccc3c(c2)c2ccccc2n3-c2ccc3ccccc3c2)c2cccc3c2-c2c4ccccc4cc4cccc-3c24)cc1. The summed E-state index contributed by atoms with van der Waals surface area (Å²) in [5.41, 5.74) is 12.2. The highest BCUT2D eigenvalue weighted by Crippen LogP contribution is 2.55. The topological polar surface area (TPSA) is 8.17 Å². The van der Waals surface area contributed by atoms with Crippen molar-refractivity contribution in [1.29, 1.82) is 0 Å². The molecule has 1 aliphatic rings. The molecule has 0 saturated carbocycles. The van der Waals surface area contributed by atoms with Gasteiger partial charge in [0.05, 0.1) is 16.7 Å². The van der Waals surface area contributed by atoms with Crippen LogP contribution in [-0.2, 0) is 0 Å². The van der Waals surface area contributed by atoms with Crippen LogP contribution in [0.5, 0.6) is 0 Å². The van der Waals surface area contributed by atoms with Gasteiger partial charge in [-0.15, -0.1) is 0 Å². The molecule has 0 bridgehead atoms. The van der Waals surface area contributed by atoms with Gasteiger partial charge in [-0.25, -0.2) is 0 Å². The van der Waals surface area contributed by atoms with Crippen LogP contribution >= 0.6 is 0 Å². The fraction of sp³-hybridized carbons (Fsp3) is 0. The van der Waals surface area contributed by atoms with Gasteiger partial charge >= 0.3 is 0 Å². The van der Waals surface area contributed by atoms with Crippen LogP contribution in [0, 0.1) is 0 Å². The van der Waals surface area contributed by atoms with Gasteiger partial charge in [-0.3, -0.25) is 0 Å². The Labute approximate surface area is 289 Å². The number of anilines is 3. The summed E-state index contributed by atoms with van der Waals surface area (Å²) in [6.07, 6.45) is 0. The second kappa shape index (κ2) is 10.4. The van der Waals surface area contributed by atoms with Crippen LogP contribution in [-0.4, -0.2) is 4.57 Å². The average molecular weight is 635 g/mol. The summed E-state index contributed by atoms with van der Waals surface area (Å²) in [6.45, 7) is 0. The Kier molecular flexibility index (Phi) is 5.70. The maximum atomic E-state index is 2.46. The van der Waals surface area contributed by atoms with E-state index in [2.05, 4.69) is 191 Å². The van der Waals surface area contributed by atoms with Gasteiger partial charge in [-0.05, 0) is 104 Å². The van der Waals surface area contributed by atoms with Gasteiger partial charge in [0.1, 0.15) is 0 Å². The number of benzene rings is 9. The summed E-state index contributed by atoms with van der Waals surface area (Å²) < 4.78 is 2.41. The number of para-hydroxylation sites is 2. The normalized spacial score (nSPS) is 12.0. The molecule has 1 aromatic heterocycles. The predicted molar refractivity (Wildman–Crippen MR) is 212 cm³/mol.